The molecule has 0 aromatic carbocycles. The molecule has 0 atom stereocenters. The third kappa shape index (κ3) is 3.47. The van der Waals surface area contributed by atoms with Crippen molar-refractivity contribution in [3.8, 4) is 0 Å². The quantitative estimate of drug-likeness (QED) is 0.624. The first kappa shape index (κ1) is 12.4. The van der Waals surface area contributed by atoms with E-state index in [2.05, 4.69) is 9.69 Å². The molecule has 92 valence electrons. The molecule has 0 saturated heterocycles. The molecule has 0 spiro atoms. The fourth-order valence-corrected chi connectivity index (χ4v) is 3.49. The van der Waals surface area contributed by atoms with E-state index in [-0.39, 0.29) is 0 Å². The summed E-state index contributed by atoms with van der Waals surface area (Å²) in [5, 5.41) is 0. The van der Waals surface area contributed by atoms with Crippen LogP contribution in [0, 0.1) is 25.0 Å². The lowest BCUT2D eigenvalue weighted by Crippen LogP contribution is -2.22. The van der Waals surface area contributed by atoms with Crippen molar-refractivity contribution in [1.29, 1.82) is 0 Å². The van der Waals surface area contributed by atoms with Gasteiger partial charge in [0, 0.05) is 25.7 Å². The van der Waals surface area contributed by atoms with Crippen LogP contribution in [-0.4, -0.2) is 12.1 Å². The summed E-state index contributed by atoms with van der Waals surface area (Å²) in [4.78, 5) is 7.33. The standard InChI is InChI=1S/C15H22N2/c1-16-14-7-3-12(4-8-14)11-13-5-9-15(17-2)10-6-13/h12-15H,3-11H2. The van der Waals surface area contributed by atoms with Crippen molar-refractivity contribution < 1.29 is 0 Å². The van der Waals surface area contributed by atoms with E-state index in [1.54, 1.807) is 0 Å². The molecule has 2 rings (SSSR count). The molecule has 0 aromatic heterocycles. The fraction of sp³-hybridized carbons (Fsp3) is 0.867. The molecule has 0 unspecified atom stereocenters. The predicted octanol–water partition coefficient (Wildman–Crippen LogP) is 4.33. The lowest BCUT2D eigenvalue weighted by molar-refractivity contribution is 0.238. The number of hydrogen-bond acceptors (Lipinski definition) is 0. The van der Waals surface area contributed by atoms with Gasteiger partial charge in [-0.1, -0.05) is 0 Å². The second-order valence-electron chi connectivity index (χ2n) is 5.84. The third-order valence-corrected chi connectivity index (χ3v) is 4.66. The summed E-state index contributed by atoms with van der Waals surface area (Å²) in [6, 6.07) is 0.646. The highest BCUT2D eigenvalue weighted by Gasteiger charge is 2.29. The highest BCUT2D eigenvalue weighted by Crippen LogP contribution is 2.36. The summed E-state index contributed by atoms with van der Waals surface area (Å²) in [6.07, 6.45) is 11.0. The molecule has 17 heavy (non-hydrogen) atoms. The molecule has 2 saturated carbocycles. The van der Waals surface area contributed by atoms with Gasteiger partial charge in [0.1, 0.15) is 0 Å². The van der Waals surface area contributed by atoms with E-state index in [0.29, 0.717) is 12.1 Å². The molecule has 0 radical (unpaired) electrons. The van der Waals surface area contributed by atoms with E-state index in [1.165, 1.54) is 32.1 Å². The molecule has 2 aliphatic rings. The van der Waals surface area contributed by atoms with Crippen LogP contribution in [0.5, 0.6) is 0 Å². The van der Waals surface area contributed by atoms with Crippen molar-refractivity contribution in [3.05, 3.63) is 22.8 Å². The summed E-state index contributed by atoms with van der Waals surface area (Å²) in [5.41, 5.74) is 0. The Morgan fingerprint density at radius 1 is 0.647 bits per heavy atom. The monoisotopic (exact) mass is 230 g/mol. The van der Waals surface area contributed by atoms with Gasteiger partial charge in [-0.05, 0) is 43.9 Å². The van der Waals surface area contributed by atoms with Gasteiger partial charge in [0.25, 0.3) is 0 Å². The van der Waals surface area contributed by atoms with Gasteiger partial charge in [0.2, 0.25) is 12.1 Å². The Bertz CT molecular complexity index is 275. The van der Waals surface area contributed by atoms with Crippen LogP contribution < -0.4 is 0 Å². The van der Waals surface area contributed by atoms with Crippen molar-refractivity contribution in [2.24, 2.45) is 11.8 Å². The van der Waals surface area contributed by atoms with E-state index in [0.717, 1.165) is 37.5 Å². The molecule has 0 aromatic rings. The smallest absolute Gasteiger partial charge is 0.223 e. The van der Waals surface area contributed by atoms with Gasteiger partial charge in [0.05, 0.1) is 0 Å². The van der Waals surface area contributed by atoms with Crippen molar-refractivity contribution in [2.45, 2.75) is 69.9 Å². The summed E-state index contributed by atoms with van der Waals surface area (Å²) in [5.74, 6) is 1.75. The van der Waals surface area contributed by atoms with Crippen LogP contribution in [0.25, 0.3) is 9.69 Å². The molecule has 0 heterocycles. The maximum Gasteiger partial charge on any atom is 0.223 e. The number of rotatable bonds is 2. The molecule has 2 aliphatic carbocycles. The van der Waals surface area contributed by atoms with Gasteiger partial charge in [-0.3, -0.25) is 0 Å². The molecular weight excluding hydrogens is 208 g/mol. The van der Waals surface area contributed by atoms with Crippen LogP contribution in [0.15, 0.2) is 0 Å². The number of nitrogens with zero attached hydrogens (tertiary/aromatic N) is 2. The second kappa shape index (κ2) is 6.06. The maximum absolute atomic E-state index is 7.06. The van der Waals surface area contributed by atoms with Crippen LogP contribution in [0.3, 0.4) is 0 Å². The van der Waals surface area contributed by atoms with Crippen LogP contribution in [0.2, 0.25) is 0 Å². The molecule has 2 nitrogen and oxygen atoms in total. The molecule has 0 bridgehead atoms. The minimum Gasteiger partial charge on any atom is -0.314 e. The largest absolute Gasteiger partial charge is 0.314 e. The Labute approximate surface area is 105 Å². The van der Waals surface area contributed by atoms with E-state index >= 15 is 0 Å². The van der Waals surface area contributed by atoms with E-state index < -0.39 is 0 Å². The Hall–Kier alpha value is -1.02. The zero-order valence-corrected chi connectivity index (χ0v) is 10.6. The van der Waals surface area contributed by atoms with Crippen LogP contribution in [0.1, 0.15) is 57.8 Å². The number of hydrogen-bond donors (Lipinski definition) is 0. The lowest BCUT2D eigenvalue weighted by atomic mass is 9.76. The molecule has 0 N–H and O–H groups in total. The summed E-state index contributed by atoms with van der Waals surface area (Å²) in [6.45, 7) is 14.1. The molecule has 2 heteroatoms. The Balaban J connectivity index is 1.69. The Morgan fingerprint density at radius 3 is 1.29 bits per heavy atom. The second-order valence-corrected chi connectivity index (χ2v) is 5.84. The SMILES string of the molecule is [C-]#[N+]C1CCC(CC2CCC([N+]#[C-])CC2)CC1. The maximum atomic E-state index is 7.06. The first-order chi connectivity index (χ1) is 8.31. The van der Waals surface area contributed by atoms with Crippen molar-refractivity contribution in [2.75, 3.05) is 0 Å². The van der Waals surface area contributed by atoms with Gasteiger partial charge >= 0.3 is 0 Å². The highest BCUT2D eigenvalue weighted by atomic mass is 14.7. The van der Waals surface area contributed by atoms with Gasteiger partial charge in [-0.2, -0.15) is 0 Å². The van der Waals surface area contributed by atoms with Crippen LogP contribution in [0.4, 0.5) is 0 Å². The highest BCUT2D eigenvalue weighted by molar-refractivity contribution is 4.88. The third-order valence-electron chi connectivity index (χ3n) is 4.66. The zero-order valence-electron chi connectivity index (χ0n) is 10.6. The summed E-state index contributed by atoms with van der Waals surface area (Å²) in [7, 11) is 0. The van der Waals surface area contributed by atoms with E-state index in [1.807, 2.05) is 0 Å². The van der Waals surface area contributed by atoms with E-state index in [4.69, 9.17) is 13.1 Å². The van der Waals surface area contributed by atoms with Crippen molar-refractivity contribution in [1.82, 2.24) is 0 Å². The minimum absolute atomic E-state index is 0.323. The van der Waals surface area contributed by atoms with Crippen molar-refractivity contribution >= 4 is 0 Å². The van der Waals surface area contributed by atoms with Gasteiger partial charge < -0.3 is 9.69 Å². The van der Waals surface area contributed by atoms with Gasteiger partial charge in [-0.25, -0.2) is 13.1 Å². The zero-order chi connectivity index (χ0) is 12.1. The first-order valence-electron chi connectivity index (χ1n) is 7.05. The summed E-state index contributed by atoms with van der Waals surface area (Å²) >= 11 is 0. The van der Waals surface area contributed by atoms with Crippen molar-refractivity contribution in [3.63, 3.8) is 0 Å². The van der Waals surface area contributed by atoms with E-state index in [9.17, 15) is 0 Å². The predicted molar refractivity (Wildman–Crippen MR) is 69.3 cm³/mol. The minimum atomic E-state index is 0.323. The van der Waals surface area contributed by atoms with Gasteiger partial charge in [-0.15, -0.1) is 0 Å². The van der Waals surface area contributed by atoms with Gasteiger partial charge in [0.15, 0.2) is 0 Å². The fourth-order valence-electron chi connectivity index (χ4n) is 3.49. The average molecular weight is 230 g/mol. The molecule has 2 fully saturated rings. The molecule has 0 amide bonds. The molecular formula is C15H22N2. The van der Waals surface area contributed by atoms with Crippen LogP contribution >= 0.6 is 0 Å². The summed E-state index contributed by atoms with van der Waals surface area (Å²) < 4.78 is 0. The Kier molecular flexibility index (Phi) is 4.43. The first-order valence-corrected chi connectivity index (χ1v) is 7.05. The lowest BCUT2D eigenvalue weighted by Gasteiger charge is -2.29. The normalized spacial score (nSPS) is 38.0. The average Bonchev–Trinajstić information content (AvgIpc) is 2.40. The topological polar surface area (TPSA) is 8.72 Å². The van der Waals surface area contributed by atoms with Crippen LogP contribution in [-0.2, 0) is 0 Å². The Morgan fingerprint density at radius 2 is 1.00 bits per heavy atom. The molecule has 0 aliphatic heterocycles.